The van der Waals surface area contributed by atoms with E-state index in [1.54, 1.807) is 0 Å². The lowest BCUT2D eigenvalue weighted by Crippen LogP contribution is -2.07. The second-order valence-electron chi connectivity index (χ2n) is 7.75. The Morgan fingerprint density at radius 2 is 1.31 bits per heavy atom. The first-order valence-electron chi connectivity index (χ1n) is 10.7. The molecule has 0 aromatic heterocycles. The van der Waals surface area contributed by atoms with E-state index >= 15 is 0 Å². The van der Waals surface area contributed by atoms with Crippen LogP contribution in [0.4, 0.5) is 0 Å². The third-order valence-electron chi connectivity index (χ3n) is 5.61. The molecular weight excluding hydrogens is 352 g/mol. The number of hydrogen-bond donors (Lipinski definition) is 0. The number of unbranched alkanes of at least 4 members (excludes halogenated alkanes) is 2. The molecule has 0 spiro atoms. The Morgan fingerprint density at radius 3 is 1.93 bits per heavy atom. The van der Waals surface area contributed by atoms with Crippen molar-refractivity contribution in [2.75, 3.05) is 0 Å². The molecule has 1 aliphatic rings. The van der Waals surface area contributed by atoms with E-state index in [-0.39, 0.29) is 0 Å². The summed E-state index contributed by atoms with van der Waals surface area (Å²) in [6.07, 6.45) is 8.00. The highest BCUT2D eigenvalue weighted by molar-refractivity contribution is 6.24. The Morgan fingerprint density at radius 1 is 0.724 bits per heavy atom. The maximum Gasteiger partial charge on any atom is 0.101 e. The standard InChI is InChI=1S/C27H28N2/c1-2-3-5-14-22(19-21-12-6-4-7-13-21)20-28-29-27-25-17-10-8-15-23(25)24-16-9-11-18-26(24)27/h4,6-13,15-18,20,22H,2-3,5,14,19H2,1H3. The van der Waals surface area contributed by atoms with Gasteiger partial charge in [-0.2, -0.15) is 10.2 Å². The van der Waals surface area contributed by atoms with Crippen molar-refractivity contribution in [1.29, 1.82) is 0 Å². The zero-order valence-corrected chi connectivity index (χ0v) is 17.1. The Kier molecular flexibility index (Phi) is 6.31. The molecule has 146 valence electrons. The summed E-state index contributed by atoms with van der Waals surface area (Å²) in [5.41, 5.74) is 7.21. The second kappa shape index (κ2) is 9.47. The molecule has 0 saturated heterocycles. The van der Waals surface area contributed by atoms with Crippen LogP contribution in [0.25, 0.3) is 11.1 Å². The molecule has 3 aromatic carbocycles. The quantitative estimate of drug-likeness (QED) is 0.180. The smallest absolute Gasteiger partial charge is 0.101 e. The molecule has 0 N–H and O–H groups in total. The van der Waals surface area contributed by atoms with Gasteiger partial charge < -0.3 is 0 Å². The lowest BCUT2D eigenvalue weighted by atomic mass is 9.95. The van der Waals surface area contributed by atoms with Gasteiger partial charge in [0, 0.05) is 23.3 Å². The molecule has 0 bridgehead atoms. The first kappa shape index (κ1) is 19.3. The van der Waals surface area contributed by atoms with Gasteiger partial charge in [0.2, 0.25) is 0 Å². The van der Waals surface area contributed by atoms with Crippen LogP contribution in [0.15, 0.2) is 89.1 Å². The molecule has 2 nitrogen and oxygen atoms in total. The minimum absolute atomic E-state index is 0.417. The van der Waals surface area contributed by atoms with Gasteiger partial charge >= 0.3 is 0 Å². The zero-order valence-electron chi connectivity index (χ0n) is 17.1. The van der Waals surface area contributed by atoms with Gasteiger partial charge in [0.25, 0.3) is 0 Å². The SMILES string of the molecule is CCCCCC(C=NN=C1c2ccccc2-c2ccccc21)Cc1ccccc1. The maximum absolute atomic E-state index is 4.70. The van der Waals surface area contributed by atoms with Crippen molar-refractivity contribution in [3.05, 3.63) is 95.6 Å². The monoisotopic (exact) mass is 380 g/mol. The van der Waals surface area contributed by atoms with Gasteiger partial charge in [-0.15, -0.1) is 0 Å². The summed E-state index contributed by atoms with van der Waals surface area (Å²) in [6, 6.07) is 27.7. The number of benzene rings is 3. The van der Waals surface area contributed by atoms with Crippen molar-refractivity contribution in [3.63, 3.8) is 0 Å². The van der Waals surface area contributed by atoms with E-state index in [9.17, 15) is 0 Å². The molecule has 1 unspecified atom stereocenters. The summed E-state index contributed by atoms with van der Waals surface area (Å²) < 4.78 is 0. The molecule has 0 saturated carbocycles. The molecule has 0 heterocycles. The van der Waals surface area contributed by atoms with Gasteiger partial charge in [0.1, 0.15) is 5.71 Å². The molecule has 0 amide bonds. The Labute approximate surface area is 174 Å². The van der Waals surface area contributed by atoms with Crippen molar-refractivity contribution in [1.82, 2.24) is 0 Å². The van der Waals surface area contributed by atoms with Crippen molar-refractivity contribution in [2.45, 2.75) is 39.0 Å². The molecule has 29 heavy (non-hydrogen) atoms. The summed E-state index contributed by atoms with van der Waals surface area (Å²) in [7, 11) is 0. The fraction of sp³-hybridized carbons (Fsp3) is 0.259. The highest BCUT2D eigenvalue weighted by Gasteiger charge is 2.23. The van der Waals surface area contributed by atoms with Crippen molar-refractivity contribution >= 4 is 11.9 Å². The van der Waals surface area contributed by atoms with Gasteiger partial charge in [-0.1, -0.05) is 105 Å². The molecular formula is C27H28N2. The summed E-state index contributed by atoms with van der Waals surface area (Å²) in [5, 5.41) is 9.29. The van der Waals surface area contributed by atoms with Crippen LogP contribution in [0.1, 0.15) is 49.3 Å². The van der Waals surface area contributed by atoms with Crippen LogP contribution in [-0.4, -0.2) is 11.9 Å². The molecule has 1 atom stereocenters. The number of nitrogens with zero attached hydrogens (tertiary/aromatic N) is 2. The highest BCUT2D eigenvalue weighted by Crippen LogP contribution is 2.36. The van der Waals surface area contributed by atoms with Crippen LogP contribution in [-0.2, 0) is 6.42 Å². The van der Waals surface area contributed by atoms with Gasteiger partial charge in [-0.3, -0.25) is 0 Å². The van der Waals surface area contributed by atoms with Crippen LogP contribution >= 0.6 is 0 Å². The normalized spacial score (nSPS) is 13.3. The molecule has 2 heteroatoms. The Hall–Kier alpha value is -3.00. The van der Waals surface area contributed by atoms with Crippen molar-refractivity contribution < 1.29 is 0 Å². The van der Waals surface area contributed by atoms with Crippen LogP contribution < -0.4 is 0 Å². The number of fused-ring (bicyclic) bond motifs is 3. The average Bonchev–Trinajstić information content (AvgIpc) is 3.09. The topological polar surface area (TPSA) is 24.7 Å². The fourth-order valence-electron chi connectivity index (χ4n) is 4.09. The molecule has 0 radical (unpaired) electrons. The first-order valence-corrected chi connectivity index (χ1v) is 10.7. The van der Waals surface area contributed by atoms with Crippen LogP contribution in [0.2, 0.25) is 0 Å². The molecule has 0 fully saturated rings. The predicted molar refractivity (Wildman–Crippen MR) is 124 cm³/mol. The van der Waals surface area contributed by atoms with Gasteiger partial charge in [0.05, 0.1) is 0 Å². The van der Waals surface area contributed by atoms with Gasteiger partial charge in [0.15, 0.2) is 0 Å². The van der Waals surface area contributed by atoms with E-state index in [2.05, 4.69) is 97.1 Å². The Bertz CT molecular complexity index is 954. The largest absolute Gasteiger partial charge is 0.163 e. The van der Waals surface area contributed by atoms with Crippen LogP contribution in [0, 0.1) is 5.92 Å². The van der Waals surface area contributed by atoms with Crippen molar-refractivity contribution in [3.8, 4) is 11.1 Å². The minimum Gasteiger partial charge on any atom is -0.163 e. The van der Waals surface area contributed by atoms with E-state index in [1.807, 2.05) is 0 Å². The lowest BCUT2D eigenvalue weighted by molar-refractivity contribution is 0.568. The number of hydrogen-bond acceptors (Lipinski definition) is 2. The number of rotatable bonds is 8. The molecule has 4 rings (SSSR count). The third-order valence-corrected chi connectivity index (χ3v) is 5.61. The maximum atomic E-state index is 4.70. The van der Waals surface area contributed by atoms with Crippen molar-refractivity contribution in [2.24, 2.45) is 16.1 Å². The van der Waals surface area contributed by atoms with Gasteiger partial charge in [-0.25, -0.2) is 0 Å². The summed E-state index contributed by atoms with van der Waals surface area (Å²) in [5.74, 6) is 0.417. The van der Waals surface area contributed by atoms with Gasteiger partial charge in [-0.05, 0) is 29.5 Å². The first-order chi connectivity index (χ1) is 14.4. The van der Waals surface area contributed by atoms with E-state index in [0.29, 0.717) is 5.92 Å². The summed E-state index contributed by atoms with van der Waals surface area (Å²) in [4.78, 5) is 0. The molecule has 1 aliphatic carbocycles. The highest BCUT2D eigenvalue weighted by atomic mass is 15.2. The third kappa shape index (κ3) is 4.54. The summed E-state index contributed by atoms with van der Waals surface area (Å²) in [6.45, 7) is 2.25. The van der Waals surface area contributed by atoms with E-state index in [4.69, 9.17) is 5.10 Å². The lowest BCUT2D eigenvalue weighted by Gasteiger charge is -2.11. The van der Waals surface area contributed by atoms with Crippen LogP contribution in [0.3, 0.4) is 0 Å². The summed E-state index contributed by atoms with van der Waals surface area (Å²) >= 11 is 0. The Balaban J connectivity index is 1.58. The molecule has 3 aromatic rings. The second-order valence-corrected chi connectivity index (χ2v) is 7.75. The fourth-order valence-corrected chi connectivity index (χ4v) is 4.09. The van der Waals surface area contributed by atoms with Crippen LogP contribution in [0.5, 0.6) is 0 Å². The average molecular weight is 381 g/mol. The zero-order chi connectivity index (χ0) is 19.9. The van der Waals surface area contributed by atoms with E-state index < -0.39 is 0 Å². The van der Waals surface area contributed by atoms with E-state index in [0.717, 1.165) is 18.6 Å². The molecule has 0 aliphatic heterocycles. The predicted octanol–water partition coefficient (Wildman–Crippen LogP) is 6.93. The van der Waals surface area contributed by atoms with E-state index in [1.165, 1.54) is 47.1 Å². The minimum atomic E-state index is 0.417.